The van der Waals surface area contributed by atoms with E-state index in [2.05, 4.69) is 13.8 Å². The lowest BCUT2D eigenvalue weighted by molar-refractivity contribution is -0.166. The Labute approximate surface area is 205 Å². The Kier molecular flexibility index (Phi) is 12.8. The summed E-state index contributed by atoms with van der Waals surface area (Å²) in [6, 6.07) is 12.1. The van der Waals surface area contributed by atoms with Gasteiger partial charge in [-0.25, -0.2) is 19.2 Å². The first-order chi connectivity index (χ1) is 16.6. The van der Waals surface area contributed by atoms with Crippen LogP contribution in [-0.4, -0.2) is 46.3 Å². The standard InChI is InChI=1S/C20H18O8.C7H16/c1-11-3-7-13(8-4-11)19(25)27-15(17(21)22)16(18(23)24)28-20(26)14-9-5-12(2)6-10-14;1-3-5-7-6-4-2/h3-10,15-16H,1-2H3,(H,21,22)(H,23,24);3-7H2,1-2H3/t15-,16-;/m0./s1. The molecule has 0 aromatic heterocycles. The van der Waals surface area contributed by atoms with Crippen molar-refractivity contribution in [1.82, 2.24) is 0 Å². The third kappa shape index (κ3) is 10.4. The molecule has 0 saturated carbocycles. The van der Waals surface area contributed by atoms with E-state index in [0.29, 0.717) is 0 Å². The lowest BCUT2D eigenvalue weighted by atomic mass is 10.1. The number of unbranched alkanes of at least 4 members (excludes halogenated alkanes) is 4. The number of hydrogen-bond acceptors (Lipinski definition) is 6. The van der Waals surface area contributed by atoms with Crippen LogP contribution in [0.15, 0.2) is 48.5 Å². The van der Waals surface area contributed by atoms with Crippen molar-refractivity contribution in [3.05, 3.63) is 70.8 Å². The number of carbonyl (C=O) groups is 4. The van der Waals surface area contributed by atoms with E-state index in [0.717, 1.165) is 11.1 Å². The van der Waals surface area contributed by atoms with Crippen molar-refractivity contribution in [2.24, 2.45) is 0 Å². The number of carbonyl (C=O) groups excluding carboxylic acids is 2. The van der Waals surface area contributed by atoms with Gasteiger partial charge in [0.1, 0.15) is 0 Å². The van der Waals surface area contributed by atoms with Crippen molar-refractivity contribution >= 4 is 23.9 Å². The second-order valence-electron chi connectivity index (χ2n) is 8.12. The molecule has 0 amide bonds. The maximum absolute atomic E-state index is 12.2. The van der Waals surface area contributed by atoms with E-state index in [1.54, 1.807) is 38.1 Å². The van der Waals surface area contributed by atoms with Crippen molar-refractivity contribution in [2.75, 3.05) is 0 Å². The first-order valence-electron chi connectivity index (χ1n) is 11.6. The maximum atomic E-state index is 12.2. The number of carboxylic acids is 2. The summed E-state index contributed by atoms with van der Waals surface area (Å²) in [6.45, 7) is 8.08. The van der Waals surface area contributed by atoms with Crippen LogP contribution in [0.5, 0.6) is 0 Å². The maximum Gasteiger partial charge on any atom is 0.349 e. The van der Waals surface area contributed by atoms with Crippen LogP contribution >= 0.6 is 0 Å². The highest BCUT2D eigenvalue weighted by Crippen LogP contribution is 2.14. The van der Waals surface area contributed by atoms with Gasteiger partial charge in [-0.15, -0.1) is 0 Å². The topological polar surface area (TPSA) is 127 Å². The zero-order valence-corrected chi connectivity index (χ0v) is 20.7. The minimum atomic E-state index is -2.22. The van der Waals surface area contributed by atoms with Crippen LogP contribution in [0.4, 0.5) is 0 Å². The zero-order valence-electron chi connectivity index (χ0n) is 20.7. The number of rotatable bonds is 11. The lowest BCUT2D eigenvalue weighted by Crippen LogP contribution is -2.45. The van der Waals surface area contributed by atoms with Gasteiger partial charge >= 0.3 is 23.9 Å². The second-order valence-corrected chi connectivity index (χ2v) is 8.12. The summed E-state index contributed by atoms with van der Waals surface area (Å²) in [5.74, 6) is -5.62. The van der Waals surface area contributed by atoms with Gasteiger partial charge in [-0.1, -0.05) is 81.3 Å². The molecule has 0 bridgehead atoms. The van der Waals surface area contributed by atoms with Crippen LogP contribution in [0.2, 0.25) is 0 Å². The van der Waals surface area contributed by atoms with E-state index in [9.17, 15) is 29.4 Å². The van der Waals surface area contributed by atoms with E-state index in [1.807, 2.05) is 0 Å². The Hall–Kier alpha value is -3.68. The Morgan fingerprint density at radius 1 is 0.629 bits per heavy atom. The molecule has 8 nitrogen and oxygen atoms in total. The highest BCUT2D eigenvalue weighted by molar-refractivity contribution is 5.95. The smallest absolute Gasteiger partial charge is 0.349 e. The molecular formula is C27H34O8. The third-order valence-corrected chi connectivity index (χ3v) is 5.01. The Balaban J connectivity index is 0.000000762. The van der Waals surface area contributed by atoms with Gasteiger partial charge in [-0.2, -0.15) is 0 Å². The fraction of sp³-hybridized carbons (Fsp3) is 0.407. The van der Waals surface area contributed by atoms with Crippen LogP contribution in [0, 0.1) is 13.8 Å². The van der Waals surface area contributed by atoms with Crippen LogP contribution in [0.3, 0.4) is 0 Å². The van der Waals surface area contributed by atoms with Crippen LogP contribution in [0.25, 0.3) is 0 Å². The number of hydrogen-bond donors (Lipinski definition) is 2. The highest BCUT2D eigenvalue weighted by Gasteiger charge is 2.41. The number of ether oxygens (including phenoxy) is 2. The first kappa shape index (κ1) is 29.4. The van der Waals surface area contributed by atoms with Crippen molar-refractivity contribution in [1.29, 1.82) is 0 Å². The molecule has 0 saturated heterocycles. The van der Waals surface area contributed by atoms with Gasteiger partial charge in [0, 0.05) is 0 Å². The number of aliphatic carboxylic acids is 2. The summed E-state index contributed by atoms with van der Waals surface area (Å²) in [6.07, 6.45) is 2.57. The monoisotopic (exact) mass is 486 g/mol. The fourth-order valence-electron chi connectivity index (χ4n) is 2.91. The third-order valence-electron chi connectivity index (χ3n) is 5.01. The van der Waals surface area contributed by atoms with Crippen molar-refractivity contribution in [3.8, 4) is 0 Å². The molecule has 2 rings (SSSR count). The van der Waals surface area contributed by atoms with Gasteiger partial charge in [0.2, 0.25) is 12.2 Å². The summed E-state index contributed by atoms with van der Waals surface area (Å²) in [5, 5.41) is 18.6. The molecule has 0 heterocycles. The van der Waals surface area contributed by atoms with Crippen molar-refractivity contribution < 1.29 is 38.9 Å². The van der Waals surface area contributed by atoms with Gasteiger partial charge < -0.3 is 19.7 Å². The largest absolute Gasteiger partial charge is 0.478 e. The summed E-state index contributed by atoms with van der Waals surface area (Å²) in [4.78, 5) is 47.3. The summed E-state index contributed by atoms with van der Waals surface area (Å²) in [5.41, 5.74) is 1.79. The predicted molar refractivity (Wildman–Crippen MR) is 130 cm³/mol. The molecule has 0 aliphatic heterocycles. The van der Waals surface area contributed by atoms with Crippen LogP contribution < -0.4 is 0 Å². The molecule has 2 aromatic carbocycles. The molecule has 0 unspecified atom stereocenters. The average Bonchev–Trinajstić information content (AvgIpc) is 2.82. The molecule has 190 valence electrons. The number of benzene rings is 2. The van der Waals surface area contributed by atoms with E-state index in [-0.39, 0.29) is 11.1 Å². The van der Waals surface area contributed by atoms with E-state index < -0.39 is 36.1 Å². The molecule has 0 fully saturated rings. The molecule has 8 heteroatoms. The van der Waals surface area contributed by atoms with Gasteiger partial charge in [0.25, 0.3) is 0 Å². The van der Waals surface area contributed by atoms with Crippen LogP contribution in [0.1, 0.15) is 77.8 Å². The average molecular weight is 487 g/mol. The lowest BCUT2D eigenvalue weighted by Gasteiger charge is -2.21. The number of carboxylic acid groups (broad SMARTS) is 2. The molecule has 0 aliphatic rings. The Morgan fingerprint density at radius 3 is 1.20 bits per heavy atom. The SMILES string of the molecule is CCCCCCC.Cc1ccc(C(=O)O[C@H](C(=O)O)[C@H](OC(=O)c2ccc(C)cc2)C(=O)O)cc1. The Bertz CT molecular complexity index is 884. The summed E-state index contributed by atoms with van der Waals surface area (Å²) in [7, 11) is 0. The normalized spacial score (nSPS) is 11.9. The van der Waals surface area contributed by atoms with Gasteiger partial charge in [0.15, 0.2) is 0 Å². The van der Waals surface area contributed by atoms with Gasteiger partial charge in [-0.3, -0.25) is 0 Å². The van der Waals surface area contributed by atoms with Gasteiger partial charge in [0.05, 0.1) is 11.1 Å². The molecule has 2 atom stereocenters. The van der Waals surface area contributed by atoms with Crippen molar-refractivity contribution in [3.63, 3.8) is 0 Å². The Morgan fingerprint density at radius 2 is 0.943 bits per heavy atom. The van der Waals surface area contributed by atoms with E-state index in [4.69, 9.17) is 9.47 Å². The number of aryl methyl sites for hydroxylation is 2. The first-order valence-corrected chi connectivity index (χ1v) is 11.6. The zero-order chi connectivity index (χ0) is 26.4. The summed E-state index contributed by atoms with van der Waals surface area (Å²) < 4.78 is 9.64. The predicted octanol–water partition coefficient (Wildman–Crippen LogP) is 5.20. The van der Waals surface area contributed by atoms with Crippen molar-refractivity contribution in [2.45, 2.75) is 72.0 Å². The molecular weight excluding hydrogens is 452 g/mol. The minimum Gasteiger partial charge on any atom is -0.478 e. The van der Waals surface area contributed by atoms with E-state index >= 15 is 0 Å². The highest BCUT2D eigenvalue weighted by atomic mass is 16.6. The number of esters is 2. The fourth-order valence-corrected chi connectivity index (χ4v) is 2.91. The molecule has 2 N–H and O–H groups in total. The van der Waals surface area contributed by atoms with Crippen LogP contribution in [-0.2, 0) is 19.1 Å². The second kappa shape index (κ2) is 15.3. The molecule has 0 aliphatic carbocycles. The molecule has 0 spiro atoms. The quantitative estimate of drug-likeness (QED) is 0.328. The molecule has 2 aromatic rings. The molecule has 0 radical (unpaired) electrons. The van der Waals surface area contributed by atoms with E-state index in [1.165, 1.54) is 56.4 Å². The summed E-state index contributed by atoms with van der Waals surface area (Å²) >= 11 is 0. The molecule has 35 heavy (non-hydrogen) atoms. The van der Waals surface area contributed by atoms with Gasteiger partial charge in [-0.05, 0) is 38.1 Å². The minimum absolute atomic E-state index is 0.0332.